The van der Waals surface area contributed by atoms with E-state index in [4.69, 9.17) is 0 Å². The number of para-hydroxylation sites is 3. The Morgan fingerprint density at radius 3 is 1.96 bits per heavy atom. The minimum absolute atomic E-state index is 0.00895. The smallest absolute Gasteiger partial charge is 0.130 e. The van der Waals surface area contributed by atoms with Crippen LogP contribution in [0.3, 0.4) is 0 Å². The van der Waals surface area contributed by atoms with Crippen molar-refractivity contribution in [2.75, 3.05) is 10.2 Å². The summed E-state index contributed by atoms with van der Waals surface area (Å²) in [6, 6.07) is 59.8. The zero-order valence-electron chi connectivity index (χ0n) is 26.5. The highest BCUT2D eigenvalue weighted by Gasteiger charge is 2.33. The fourth-order valence-corrected chi connectivity index (χ4v) is 9.45. The van der Waals surface area contributed by atoms with E-state index in [9.17, 15) is 0 Å². The number of rotatable bonds is 3. The van der Waals surface area contributed by atoms with Gasteiger partial charge in [0.2, 0.25) is 0 Å². The molecule has 0 radical (unpaired) electrons. The lowest BCUT2D eigenvalue weighted by atomic mass is 9.98. The van der Waals surface area contributed by atoms with Crippen LogP contribution in [0.25, 0.3) is 69.2 Å². The largest absolute Gasteiger partial charge is 0.359 e. The van der Waals surface area contributed by atoms with Crippen LogP contribution in [0.15, 0.2) is 164 Å². The van der Waals surface area contributed by atoms with Crippen molar-refractivity contribution in [2.24, 2.45) is 0 Å². The number of hydrogen-bond acceptors (Lipinski definition) is 3. The molecule has 1 aliphatic rings. The Balaban J connectivity index is 1.17. The van der Waals surface area contributed by atoms with Gasteiger partial charge in [-0.2, -0.15) is 0 Å². The van der Waals surface area contributed by atoms with Crippen LogP contribution in [0.5, 0.6) is 0 Å². The third kappa shape index (κ3) is 3.83. The summed E-state index contributed by atoms with van der Waals surface area (Å²) in [5.74, 6) is 0. The summed E-state index contributed by atoms with van der Waals surface area (Å²) in [5.41, 5.74) is 8.47. The molecule has 4 heteroatoms. The first-order valence-corrected chi connectivity index (χ1v) is 17.6. The SMILES string of the molecule is c1ccc(C2Nc3c(ccc4ccc5c(ccc6c7cc8c9ccccc9n(-c9ccccc9)c8cc7sc65)c34)N2c2ccccc2)cc1. The van der Waals surface area contributed by atoms with E-state index in [0.29, 0.717) is 0 Å². The van der Waals surface area contributed by atoms with Crippen LogP contribution in [0.4, 0.5) is 17.1 Å². The van der Waals surface area contributed by atoms with Gasteiger partial charge < -0.3 is 14.8 Å². The normalized spacial score (nSPS) is 14.4. The summed E-state index contributed by atoms with van der Waals surface area (Å²) in [6.45, 7) is 0. The van der Waals surface area contributed by atoms with E-state index in [2.05, 4.69) is 179 Å². The average molecular weight is 644 g/mol. The molecule has 1 N–H and O–H groups in total. The molecule has 0 bridgehead atoms. The van der Waals surface area contributed by atoms with Crippen molar-refractivity contribution >= 4 is 91.9 Å². The second-order valence-corrected chi connectivity index (χ2v) is 14.0. The Hall–Kier alpha value is -6.10. The predicted octanol–water partition coefficient (Wildman–Crippen LogP) is 12.7. The van der Waals surface area contributed by atoms with Gasteiger partial charge in [-0.05, 0) is 64.9 Å². The van der Waals surface area contributed by atoms with Crippen LogP contribution in [0, 0.1) is 0 Å². The van der Waals surface area contributed by atoms with Gasteiger partial charge >= 0.3 is 0 Å². The maximum absolute atomic E-state index is 3.99. The fraction of sp³-hybridized carbons (Fsp3) is 0.0222. The number of thiophene rings is 1. The highest BCUT2D eigenvalue weighted by atomic mass is 32.1. The van der Waals surface area contributed by atoms with Crippen LogP contribution >= 0.6 is 11.3 Å². The van der Waals surface area contributed by atoms with Gasteiger partial charge in [-0.3, -0.25) is 0 Å². The zero-order valence-corrected chi connectivity index (χ0v) is 27.3. The van der Waals surface area contributed by atoms with E-state index < -0.39 is 0 Å². The van der Waals surface area contributed by atoms with E-state index in [0.717, 1.165) is 0 Å². The second-order valence-electron chi connectivity index (χ2n) is 13.0. The molecule has 11 rings (SSSR count). The van der Waals surface area contributed by atoms with Gasteiger partial charge in [0.05, 0.1) is 22.4 Å². The average Bonchev–Trinajstić information content (AvgIpc) is 3.84. The van der Waals surface area contributed by atoms with Crippen LogP contribution in [0.1, 0.15) is 11.7 Å². The number of aromatic nitrogens is 1. The number of benzene rings is 8. The highest BCUT2D eigenvalue weighted by molar-refractivity contribution is 7.26. The third-order valence-corrected chi connectivity index (χ3v) is 11.6. The lowest BCUT2D eigenvalue weighted by molar-refractivity contribution is 0.828. The van der Waals surface area contributed by atoms with Crippen molar-refractivity contribution in [1.29, 1.82) is 0 Å². The molecular weight excluding hydrogens is 615 g/mol. The van der Waals surface area contributed by atoms with Gasteiger partial charge in [0.1, 0.15) is 6.17 Å². The molecule has 0 aliphatic carbocycles. The Bertz CT molecular complexity index is 2910. The van der Waals surface area contributed by atoms with Crippen LogP contribution in [-0.2, 0) is 0 Å². The van der Waals surface area contributed by atoms with Crippen molar-refractivity contribution < 1.29 is 0 Å². The minimum atomic E-state index is -0.00895. The molecule has 0 spiro atoms. The summed E-state index contributed by atoms with van der Waals surface area (Å²) >= 11 is 1.91. The number of nitrogens with zero attached hydrogens (tertiary/aromatic N) is 2. The molecule has 1 unspecified atom stereocenters. The number of hydrogen-bond donors (Lipinski definition) is 1. The Morgan fingerprint density at radius 1 is 0.490 bits per heavy atom. The van der Waals surface area contributed by atoms with Gasteiger partial charge in [0, 0.05) is 53.1 Å². The molecule has 0 saturated carbocycles. The fourth-order valence-electron chi connectivity index (χ4n) is 8.20. The summed E-state index contributed by atoms with van der Waals surface area (Å²) in [4.78, 5) is 2.44. The first-order valence-electron chi connectivity index (χ1n) is 16.8. The molecule has 8 aromatic carbocycles. The Morgan fingerprint density at radius 2 is 1.14 bits per heavy atom. The lowest BCUT2D eigenvalue weighted by Crippen LogP contribution is -2.23. The summed E-state index contributed by atoms with van der Waals surface area (Å²) in [5, 5.41) is 14.3. The van der Waals surface area contributed by atoms with Crippen LogP contribution in [0.2, 0.25) is 0 Å². The van der Waals surface area contributed by atoms with Crippen LogP contribution in [-0.4, -0.2) is 4.57 Å². The molecule has 1 atom stereocenters. The van der Waals surface area contributed by atoms with E-state index in [1.54, 1.807) is 0 Å². The summed E-state index contributed by atoms with van der Waals surface area (Å²) in [7, 11) is 0. The second kappa shape index (κ2) is 10.2. The zero-order chi connectivity index (χ0) is 32.1. The van der Waals surface area contributed by atoms with Crippen LogP contribution < -0.4 is 10.2 Å². The minimum Gasteiger partial charge on any atom is -0.359 e. The van der Waals surface area contributed by atoms with Gasteiger partial charge in [-0.1, -0.05) is 115 Å². The highest BCUT2D eigenvalue weighted by Crippen LogP contribution is 2.51. The van der Waals surface area contributed by atoms with E-state index in [-0.39, 0.29) is 6.17 Å². The number of anilines is 3. The molecule has 230 valence electrons. The maximum atomic E-state index is 3.99. The molecule has 0 amide bonds. The summed E-state index contributed by atoms with van der Waals surface area (Å²) < 4.78 is 5.06. The van der Waals surface area contributed by atoms with Crippen molar-refractivity contribution in [2.45, 2.75) is 6.17 Å². The number of fused-ring (bicyclic) bond motifs is 12. The van der Waals surface area contributed by atoms with E-state index in [1.807, 2.05) is 11.3 Å². The molecule has 0 saturated heterocycles. The molecule has 49 heavy (non-hydrogen) atoms. The van der Waals surface area contributed by atoms with Crippen molar-refractivity contribution in [3.8, 4) is 5.69 Å². The Kier molecular flexibility index (Phi) is 5.60. The standard InChI is InChI=1S/C45H29N3S/c1-4-12-29(13-5-1)45-46-43-39(48(45)31-16-8-3-9-17-31)25-21-28-20-22-34-33(42(28)43)23-24-35-37-26-36-32-18-10-11-19-38(32)47(30-14-6-2-7-15-30)40(36)27-41(37)49-44(34)35/h1-27,45-46H. The monoisotopic (exact) mass is 643 g/mol. The topological polar surface area (TPSA) is 20.2 Å². The Labute approximate surface area is 286 Å². The maximum Gasteiger partial charge on any atom is 0.130 e. The van der Waals surface area contributed by atoms with Gasteiger partial charge in [-0.15, -0.1) is 11.3 Å². The van der Waals surface area contributed by atoms with Gasteiger partial charge in [0.25, 0.3) is 0 Å². The molecular formula is C45H29N3S. The molecule has 0 fully saturated rings. The molecule has 10 aromatic rings. The lowest BCUT2D eigenvalue weighted by Gasteiger charge is -2.27. The van der Waals surface area contributed by atoms with E-state index in [1.165, 1.54) is 91.8 Å². The van der Waals surface area contributed by atoms with Gasteiger partial charge in [-0.25, -0.2) is 0 Å². The molecule has 2 aromatic heterocycles. The number of nitrogens with one attached hydrogen (secondary N) is 1. The molecule has 3 nitrogen and oxygen atoms in total. The van der Waals surface area contributed by atoms with E-state index >= 15 is 0 Å². The first-order chi connectivity index (χ1) is 24.3. The molecule has 1 aliphatic heterocycles. The third-order valence-electron chi connectivity index (χ3n) is 10.3. The summed E-state index contributed by atoms with van der Waals surface area (Å²) in [6.07, 6.45) is -0.00895. The van der Waals surface area contributed by atoms with Crippen molar-refractivity contribution in [1.82, 2.24) is 4.57 Å². The predicted molar refractivity (Wildman–Crippen MR) is 210 cm³/mol. The quantitative estimate of drug-likeness (QED) is 0.193. The van der Waals surface area contributed by atoms with Crippen molar-refractivity contribution in [3.05, 3.63) is 169 Å². The van der Waals surface area contributed by atoms with Gasteiger partial charge in [0.15, 0.2) is 0 Å². The van der Waals surface area contributed by atoms with Crippen molar-refractivity contribution in [3.63, 3.8) is 0 Å². The first kappa shape index (κ1) is 26.9. The molecule has 3 heterocycles.